The van der Waals surface area contributed by atoms with Gasteiger partial charge in [-0.05, 0) is 0 Å². The summed E-state index contributed by atoms with van der Waals surface area (Å²) in [6.45, 7) is 7.23. The van der Waals surface area contributed by atoms with Gasteiger partial charge in [-0.2, -0.15) is 0 Å². The van der Waals surface area contributed by atoms with Crippen molar-refractivity contribution in [1.29, 1.82) is 0 Å². The zero-order valence-corrected chi connectivity index (χ0v) is 13.6. The Balaban J connectivity index is 2.44. The van der Waals surface area contributed by atoms with E-state index in [1.807, 2.05) is 0 Å². The van der Waals surface area contributed by atoms with Gasteiger partial charge in [-0.15, -0.1) is 0 Å². The molecule has 1 aliphatic carbocycles. The molecule has 0 nitrogen and oxygen atoms in total. The standard InChI is InChI=1S/C10H19.Hg/c1-8(2)10-6-4-9(3)5-7-10;/h6,8-10H,4-5,7H2,1-3H3;. The maximum absolute atomic E-state index is 2.43. The van der Waals surface area contributed by atoms with Gasteiger partial charge in [-0.1, -0.05) is 0 Å². The number of hydrogen-bond donors (Lipinski definition) is 0. The van der Waals surface area contributed by atoms with Gasteiger partial charge >= 0.3 is 87.3 Å². The molecule has 3 atom stereocenters. The molecule has 0 aromatic heterocycles. The van der Waals surface area contributed by atoms with Crippen LogP contribution in [0.25, 0.3) is 0 Å². The summed E-state index contributed by atoms with van der Waals surface area (Å²) in [5.74, 6) is 3.08. The molecule has 0 radical (unpaired) electrons. The van der Waals surface area contributed by atoms with Crippen LogP contribution in [0.3, 0.4) is 0 Å². The van der Waals surface area contributed by atoms with Crippen LogP contribution >= 0.6 is 0 Å². The van der Waals surface area contributed by atoms with Crippen LogP contribution in [0.1, 0.15) is 40.0 Å². The molecule has 0 saturated heterocycles. The quantitative estimate of drug-likeness (QED) is 0.642. The van der Waals surface area contributed by atoms with Crippen molar-refractivity contribution in [2.75, 3.05) is 0 Å². The van der Waals surface area contributed by atoms with E-state index < -0.39 is 0 Å². The summed E-state index contributed by atoms with van der Waals surface area (Å²) >= 11 is 1.02. The number of hydrogen-bond acceptors (Lipinski definition) is 0. The van der Waals surface area contributed by atoms with E-state index in [2.05, 4.69) is 20.8 Å². The topological polar surface area (TPSA) is 0 Å². The van der Waals surface area contributed by atoms with Crippen molar-refractivity contribution in [1.82, 2.24) is 0 Å². The van der Waals surface area contributed by atoms with Gasteiger partial charge in [-0.3, -0.25) is 0 Å². The Morgan fingerprint density at radius 1 is 1.27 bits per heavy atom. The average molecular weight is 340 g/mol. The number of rotatable bonds is 1. The van der Waals surface area contributed by atoms with Crippen molar-refractivity contribution in [3.8, 4) is 0 Å². The first kappa shape index (κ1) is 10.0. The second kappa shape index (κ2) is 4.25. The van der Waals surface area contributed by atoms with Crippen LogP contribution in [0, 0.1) is 17.8 Å². The molecule has 0 heterocycles. The van der Waals surface area contributed by atoms with Gasteiger partial charge in [-0.25, -0.2) is 0 Å². The van der Waals surface area contributed by atoms with Crippen LogP contribution in [-0.4, -0.2) is 0 Å². The predicted octanol–water partition coefficient (Wildman–Crippen LogP) is 3.41. The van der Waals surface area contributed by atoms with E-state index in [-0.39, 0.29) is 0 Å². The molecule has 0 aliphatic heterocycles. The summed E-state index contributed by atoms with van der Waals surface area (Å²) in [6.07, 6.45) is 4.56. The second-order valence-electron chi connectivity index (χ2n) is 4.59. The van der Waals surface area contributed by atoms with E-state index in [1.165, 1.54) is 16.3 Å². The van der Waals surface area contributed by atoms with E-state index in [9.17, 15) is 0 Å². The molecule has 0 bridgehead atoms. The monoisotopic (exact) mass is 341 g/mol. The van der Waals surface area contributed by atoms with Gasteiger partial charge in [0.25, 0.3) is 0 Å². The Morgan fingerprint density at radius 2 is 1.91 bits per heavy atom. The van der Waals surface area contributed by atoms with Crippen LogP contribution < -0.4 is 0 Å². The third-order valence-electron chi connectivity index (χ3n) is 3.16. The summed E-state index contributed by atoms with van der Waals surface area (Å²) in [5, 5.41) is 0. The molecule has 0 aromatic carbocycles. The SMILES string of the molecule is CC1CCC(C(C)C)[CH]([Hg])C1. The summed E-state index contributed by atoms with van der Waals surface area (Å²) in [7, 11) is 0. The maximum atomic E-state index is 2.43. The van der Waals surface area contributed by atoms with Crippen molar-refractivity contribution in [3.05, 3.63) is 0 Å². The molecule has 0 N–H and O–H groups in total. The first-order valence-corrected chi connectivity index (χ1v) is 8.11. The summed E-state index contributed by atoms with van der Waals surface area (Å²) in [4.78, 5) is 0. The molecule has 0 spiro atoms. The van der Waals surface area contributed by atoms with E-state index in [0.717, 1.165) is 43.9 Å². The van der Waals surface area contributed by atoms with Crippen molar-refractivity contribution in [2.24, 2.45) is 17.8 Å². The molecule has 0 amide bonds. The van der Waals surface area contributed by atoms with Crippen LogP contribution in [0.2, 0.25) is 3.43 Å². The van der Waals surface area contributed by atoms with E-state index >= 15 is 0 Å². The van der Waals surface area contributed by atoms with E-state index in [1.54, 1.807) is 6.42 Å². The fraction of sp³-hybridized carbons (Fsp3) is 1.00. The Morgan fingerprint density at radius 3 is 2.36 bits per heavy atom. The molecular weight excluding hydrogens is 321 g/mol. The molecule has 11 heavy (non-hydrogen) atoms. The third kappa shape index (κ3) is 2.71. The third-order valence-corrected chi connectivity index (χ3v) is 6.81. The normalized spacial score (nSPS) is 39.6. The predicted molar refractivity (Wildman–Crippen MR) is 45.1 cm³/mol. The molecule has 1 rings (SSSR count). The second-order valence-corrected chi connectivity index (χ2v) is 8.66. The molecule has 1 fully saturated rings. The molecule has 1 heteroatoms. The molecule has 3 unspecified atom stereocenters. The van der Waals surface area contributed by atoms with Crippen LogP contribution in [0.15, 0.2) is 0 Å². The minimum absolute atomic E-state index is 0.949. The van der Waals surface area contributed by atoms with Crippen LogP contribution in [0.4, 0.5) is 0 Å². The van der Waals surface area contributed by atoms with Crippen molar-refractivity contribution in [3.63, 3.8) is 0 Å². The van der Waals surface area contributed by atoms with Crippen molar-refractivity contribution < 1.29 is 26.1 Å². The molecular formula is C10H19Hg. The van der Waals surface area contributed by atoms with Crippen molar-refractivity contribution >= 4 is 0 Å². The Hall–Kier alpha value is 0.935. The summed E-state index contributed by atoms with van der Waals surface area (Å²) < 4.78 is 1.17. The first-order valence-electron chi connectivity index (χ1n) is 4.94. The average Bonchev–Trinajstić information content (AvgIpc) is 1.85. The Labute approximate surface area is 87.1 Å². The fourth-order valence-corrected chi connectivity index (χ4v) is 7.64. The zero-order valence-electron chi connectivity index (χ0n) is 8.14. The molecule has 1 aliphatic rings. The minimum atomic E-state index is 0.949. The Kier molecular flexibility index (Phi) is 3.87. The van der Waals surface area contributed by atoms with Crippen LogP contribution in [0.5, 0.6) is 0 Å². The Bertz CT molecular complexity index is 120. The van der Waals surface area contributed by atoms with Crippen LogP contribution in [-0.2, 0) is 26.1 Å². The first-order chi connectivity index (χ1) is 5.11. The van der Waals surface area contributed by atoms with Gasteiger partial charge < -0.3 is 0 Å². The van der Waals surface area contributed by atoms with Gasteiger partial charge in [0, 0.05) is 0 Å². The van der Waals surface area contributed by atoms with E-state index in [4.69, 9.17) is 0 Å². The van der Waals surface area contributed by atoms with E-state index in [0.29, 0.717) is 0 Å². The summed E-state index contributed by atoms with van der Waals surface area (Å²) in [6, 6.07) is 0. The molecule has 0 aromatic rings. The van der Waals surface area contributed by atoms with Gasteiger partial charge in [0.2, 0.25) is 0 Å². The van der Waals surface area contributed by atoms with Gasteiger partial charge in [0.05, 0.1) is 0 Å². The fourth-order valence-electron chi connectivity index (χ4n) is 2.40. The van der Waals surface area contributed by atoms with Crippen molar-refractivity contribution in [2.45, 2.75) is 43.5 Å². The zero-order chi connectivity index (χ0) is 8.43. The van der Waals surface area contributed by atoms with Gasteiger partial charge in [0.15, 0.2) is 0 Å². The molecule has 61 valence electrons. The van der Waals surface area contributed by atoms with Gasteiger partial charge in [0.1, 0.15) is 0 Å². The molecule has 1 saturated carbocycles. The summed E-state index contributed by atoms with van der Waals surface area (Å²) in [5.41, 5.74) is 0.